The van der Waals surface area contributed by atoms with Crippen LogP contribution in [0.15, 0.2) is 24.3 Å². The number of piperidine rings is 1. The number of benzene rings is 1. The second-order valence-corrected chi connectivity index (χ2v) is 7.49. The summed E-state index contributed by atoms with van der Waals surface area (Å²) in [4.78, 5) is 12.1. The fourth-order valence-electron chi connectivity index (χ4n) is 2.35. The Labute approximate surface area is 130 Å². The van der Waals surface area contributed by atoms with Crippen molar-refractivity contribution < 1.29 is 13.2 Å². The van der Waals surface area contributed by atoms with Crippen LogP contribution in [-0.4, -0.2) is 44.0 Å². The van der Waals surface area contributed by atoms with Crippen LogP contribution in [0.4, 0.5) is 0 Å². The van der Waals surface area contributed by atoms with Crippen LogP contribution in [0, 0.1) is 0 Å². The van der Waals surface area contributed by atoms with Gasteiger partial charge in [0.1, 0.15) is 0 Å². The van der Waals surface area contributed by atoms with Crippen LogP contribution >= 0.6 is 11.6 Å². The number of sulfonamides is 1. The second-order valence-electron chi connectivity index (χ2n) is 5.24. The zero-order valence-corrected chi connectivity index (χ0v) is 13.5. The lowest BCUT2D eigenvalue weighted by Crippen LogP contribution is -2.46. The van der Waals surface area contributed by atoms with Crippen molar-refractivity contribution in [3.05, 3.63) is 35.4 Å². The highest BCUT2D eigenvalue weighted by molar-refractivity contribution is 7.88. The van der Waals surface area contributed by atoms with Crippen LogP contribution < -0.4 is 5.32 Å². The summed E-state index contributed by atoms with van der Waals surface area (Å²) in [6.07, 6.45) is 2.49. The van der Waals surface area contributed by atoms with Gasteiger partial charge in [0.2, 0.25) is 10.0 Å². The molecule has 2 rings (SSSR count). The van der Waals surface area contributed by atoms with Crippen LogP contribution in [-0.2, 0) is 15.9 Å². The van der Waals surface area contributed by atoms with Crippen molar-refractivity contribution in [2.75, 3.05) is 19.3 Å². The van der Waals surface area contributed by atoms with E-state index in [-0.39, 0.29) is 11.9 Å². The highest BCUT2D eigenvalue weighted by atomic mass is 35.5. The van der Waals surface area contributed by atoms with E-state index >= 15 is 0 Å². The number of nitrogens with one attached hydrogen (secondary N) is 1. The summed E-state index contributed by atoms with van der Waals surface area (Å²) in [6, 6.07) is 7.17. The van der Waals surface area contributed by atoms with Gasteiger partial charge in [-0.2, -0.15) is 0 Å². The van der Waals surface area contributed by atoms with E-state index in [9.17, 15) is 13.2 Å². The van der Waals surface area contributed by atoms with E-state index in [0.29, 0.717) is 37.4 Å². The first-order valence-electron chi connectivity index (χ1n) is 6.81. The van der Waals surface area contributed by atoms with Gasteiger partial charge in [-0.15, -0.1) is 11.6 Å². The normalized spacial score (nSPS) is 17.6. The van der Waals surface area contributed by atoms with Crippen LogP contribution in [0.2, 0.25) is 0 Å². The number of hydrogen-bond acceptors (Lipinski definition) is 3. The number of carbonyl (C=O) groups is 1. The molecule has 0 aromatic heterocycles. The molecule has 21 heavy (non-hydrogen) atoms. The maximum absolute atomic E-state index is 12.1. The highest BCUT2D eigenvalue weighted by Crippen LogP contribution is 2.14. The number of amides is 1. The molecule has 1 N–H and O–H groups in total. The molecule has 0 radical (unpaired) electrons. The number of alkyl halides is 1. The summed E-state index contributed by atoms with van der Waals surface area (Å²) in [7, 11) is -3.13. The summed E-state index contributed by atoms with van der Waals surface area (Å²) in [6.45, 7) is 0.907. The molecule has 1 saturated heterocycles. The van der Waals surface area contributed by atoms with Crippen molar-refractivity contribution in [1.29, 1.82) is 0 Å². The summed E-state index contributed by atoms with van der Waals surface area (Å²) < 4.78 is 24.3. The Morgan fingerprint density at radius 1 is 1.29 bits per heavy atom. The quantitative estimate of drug-likeness (QED) is 0.852. The van der Waals surface area contributed by atoms with Gasteiger partial charge in [0, 0.05) is 30.6 Å². The Kier molecular flexibility index (Phi) is 5.24. The molecule has 0 bridgehead atoms. The van der Waals surface area contributed by atoms with Crippen molar-refractivity contribution in [3.8, 4) is 0 Å². The first-order valence-corrected chi connectivity index (χ1v) is 9.19. The van der Waals surface area contributed by atoms with Crippen molar-refractivity contribution in [2.24, 2.45) is 0 Å². The third-order valence-corrected chi connectivity index (χ3v) is 5.24. The van der Waals surface area contributed by atoms with Crippen molar-refractivity contribution in [1.82, 2.24) is 9.62 Å². The van der Waals surface area contributed by atoms with Crippen LogP contribution in [0.3, 0.4) is 0 Å². The molecule has 1 fully saturated rings. The minimum absolute atomic E-state index is 0.0169. The van der Waals surface area contributed by atoms with E-state index in [1.165, 1.54) is 10.6 Å². The smallest absolute Gasteiger partial charge is 0.251 e. The summed E-state index contributed by atoms with van der Waals surface area (Å²) in [5.74, 6) is 0.292. The lowest BCUT2D eigenvalue weighted by molar-refractivity contribution is 0.0924. The number of carbonyl (C=O) groups excluding carboxylic acids is 1. The first kappa shape index (κ1) is 16.3. The summed E-state index contributed by atoms with van der Waals surface area (Å²) in [5, 5.41) is 2.95. The zero-order valence-electron chi connectivity index (χ0n) is 11.9. The maximum Gasteiger partial charge on any atom is 0.251 e. The average molecular weight is 331 g/mol. The molecular formula is C14H19ClN2O3S. The minimum atomic E-state index is -3.13. The summed E-state index contributed by atoms with van der Waals surface area (Å²) >= 11 is 5.71. The Hall–Kier alpha value is -1.11. The van der Waals surface area contributed by atoms with E-state index in [1.807, 2.05) is 12.1 Å². The highest BCUT2D eigenvalue weighted by Gasteiger charge is 2.25. The van der Waals surface area contributed by atoms with Crippen LogP contribution in [0.5, 0.6) is 0 Å². The molecule has 0 unspecified atom stereocenters. The molecule has 0 atom stereocenters. The third-order valence-electron chi connectivity index (χ3n) is 3.63. The molecule has 1 aromatic carbocycles. The van der Waals surface area contributed by atoms with Gasteiger partial charge in [0.25, 0.3) is 5.91 Å². The van der Waals surface area contributed by atoms with E-state index < -0.39 is 10.0 Å². The lowest BCUT2D eigenvalue weighted by Gasteiger charge is -2.30. The fraction of sp³-hybridized carbons (Fsp3) is 0.500. The van der Waals surface area contributed by atoms with Gasteiger partial charge in [0.05, 0.1) is 6.26 Å². The molecule has 116 valence electrons. The fourth-order valence-corrected chi connectivity index (χ4v) is 3.40. The first-order chi connectivity index (χ1) is 9.90. The van der Waals surface area contributed by atoms with Crippen molar-refractivity contribution in [3.63, 3.8) is 0 Å². The number of rotatable bonds is 4. The van der Waals surface area contributed by atoms with Gasteiger partial charge in [-0.05, 0) is 30.5 Å². The Bertz CT molecular complexity index is 593. The van der Waals surface area contributed by atoms with Gasteiger partial charge in [-0.3, -0.25) is 4.79 Å². The molecule has 0 spiro atoms. The van der Waals surface area contributed by atoms with Gasteiger partial charge in [-0.25, -0.2) is 12.7 Å². The molecule has 5 nitrogen and oxygen atoms in total. The van der Waals surface area contributed by atoms with E-state index in [1.54, 1.807) is 12.1 Å². The zero-order chi connectivity index (χ0) is 15.5. The Morgan fingerprint density at radius 2 is 1.86 bits per heavy atom. The van der Waals surface area contributed by atoms with Gasteiger partial charge < -0.3 is 5.32 Å². The molecule has 0 aliphatic carbocycles. The van der Waals surface area contributed by atoms with Gasteiger partial charge in [0.15, 0.2) is 0 Å². The Balaban J connectivity index is 1.89. The van der Waals surface area contributed by atoms with Crippen LogP contribution in [0.1, 0.15) is 28.8 Å². The molecule has 7 heteroatoms. The van der Waals surface area contributed by atoms with Gasteiger partial charge >= 0.3 is 0 Å². The van der Waals surface area contributed by atoms with Crippen LogP contribution in [0.25, 0.3) is 0 Å². The SMILES string of the molecule is CS(=O)(=O)N1CCC(NC(=O)c2ccc(CCl)cc2)CC1. The molecule has 1 aliphatic rings. The Morgan fingerprint density at radius 3 is 2.33 bits per heavy atom. The molecule has 1 aliphatic heterocycles. The van der Waals surface area contributed by atoms with E-state index in [4.69, 9.17) is 11.6 Å². The maximum atomic E-state index is 12.1. The molecular weight excluding hydrogens is 312 g/mol. The van der Waals surface area contributed by atoms with Gasteiger partial charge in [-0.1, -0.05) is 12.1 Å². The molecule has 0 saturated carbocycles. The summed E-state index contributed by atoms with van der Waals surface area (Å²) in [5.41, 5.74) is 1.56. The second kappa shape index (κ2) is 6.77. The largest absolute Gasteiger partial charge is 0.349 e. The standard InChI is InChI=1S/C14H19ClN2O3S/c1-21(19,20)17-8-6-13(7-9-17)16-14(18)12-4-2-11(10-15)3-5-12/h2-5,13H,6-10H2,1H3,(H,16,18). The number of hydrogen-bond donors (Lipinski definition) is 1. The average Bonchev–Trinajstić information content (AvgIpc) is 2.47. The third kappa shape index (κ3) is 4.43. The number of nitrogens with zero attached hydrogens (tertiary/aromatic N) is 1. The predicted octanol–water partition coefficient (Wildman–Crippen LogP) is 1.58. The molecule has 1 aromatic rings. The molecule has 1 heterocycles. The van der Waals surface area contributed by atoms with Crippen molar-refractivity contribution in [2.45, 2.75) is 24.8 Å². The lowest BCUT2D eigenvalue weighted by atomic mass is 10.1. The molecule has 1 amide bonds. The topological polar surface area (TPSA) is 66.5 Å². The van der Waals surface area contributed by atoms with E-state index in [0.717, 1.165) is 5.56 Å². The van der Waals surface area contributed by atoms with Crippen molar-refractivity contribution >= 4 is 27.5 Å². The monoisotopic (exact) mass is 330 g/mol. The minimum Gasteiger partial charge on any atom is -0.349 e. The predicted molar refractivity (Wildman–Crippen MR) is 82.9 cm³/mol. The number of halogens is 1. The van der Waals surface area contributed by atoms with E-state index in [2.05, 4.69) is 5.32 Å².